The van der Waals surface area contributed by atoms with E-state index in [0.29, 0.717) is 12.2 Å². The fourth-order valence-electron chi connectivity index (χ4n) is 2.35. The van der Waals surface area contributed by atoms with Crippen LogP contribution in [0.2, 0.25) is 0 Å². The van der Waals surface area contributed by atoms with Gasteiger partial charge in [0.25, 0.3) is 5.91 Å². The lowest BCUT2D eigenvalue weighted by Crippen LogP contribution is -2.27. The van der Waals surface area contributed by atoms with E-state index in [2.05, 4.69) is 25.9 Å². The van der Waals surface area contributed by atoms with Gasteiger partial charge in [-0.3, -0.25) is 4.79 Å². The number of urea groups is 1. The van der Waals surface area contributed by atoms with Crippen LogP contribution in [-0.2, 0) is 0 Å². The van der Waals surface area contributed by atoms with Crippen molar-refractivity contribution in [1.29, 1.82) is 0 Å². The zero-order valence-corrected chi connectivity index (χ0v) is 19.9. The highest BCUT2D eigenvalue weighted by molar-refractivity contribution is 5.97. The molecule has 0 radical (unpaired) electrons. The molecule has 0 saturated carbocycles. The molecule has 0 aliphatic carbocycles. The molecule has 0 aliphatic heterocycles. The number of primary amides is 1. The van der Waals surface area contributed by atoms with Crippen molar-refractivity contribution in [2.45, 2.75) is 27.7 Å². The number of allylic oxidation sites excluding steroid dienone is 3. The highest BCUT2D eigenvalue weighted by atomic mass is 19.1. The Kier molecular flexibility index (Phi) is 11.0. The van der Waals surface area contributed by atoms with Gasteiger partial charge in [0.1, 0.15) is 11.6 Å². The van der Waals surface area contributed by atoms with Gasteiger partial charge in [-0.15, -0.1) is 0 Å². The van der Waals surface area contributed by atoms with Crippen molar-refractivity contribution in [3.05, 3.63) is 59.6 Å². The summed E-state index contributed by atoms with van der Waals surface area (Å²) < 4.78 is 14.3. The summed E-state index contributed by atoms with van der Waals surface area (Å²) in [7, 11) is 3.19. The Morgan fingerprint density at radius 2 is 1.94 bits per heavy atom. The van der Waals surface area contributed by atoms with E-state index >= 15 is 0 Å². The number of anilines is 4. The largest absolute Gasteiger partial charge is 0.365 e. The normalized spacial score (nSPS) is 10.8. The van der Waals surface area contributed by atoms with Crippen molar-refractivity contribution in [2.24, 2.45) is 5.73 Å². The summed E-state index contributed by atoms with van der Waals surface area (Å²) in [5.41, 5.74) is 6.96. The number of carbonyl (C=O) groups excluding carboxylic acids is 2. The van der Waals surface area contributed by atoms with Crippen LogP contribution in [0.3, 0.4) is 0 Å². The summed E-state index contributed by atoms with van der Waals surface area (Å²) in [5, 5.41) is 8.44. The van der Waals surface area contributed by atoms with E-state index in [-0.39, 0.29) is 29.0 Å². The molecule has 1 aromatic heterocycles. The Labute approximate surface area is 194 Å². The van der Waals surface area contributed by atoms with Gasteiger partial charge in [-0.25, -0.2) is 14.2 Å². The minimum absolute atomic E-state index is 0.0533. The zero-order valence-electron chi connectivity index (χ0n) is 19.9. The molecule has 178 valence electrons. The SMILES string of the molecule is C/C=C\C=C(/C)CNc1nc(Nc2cc(NC(=O)N(C)C)ccc2F)ncc1C(N)=O.CC. The molecule has 5 N–H and O–H groups in total. The predicted molar refractivity (Wildman–Crippen MR) is 131 cm³/mol. The van der Waals surface area contributed by atoms with Crippen molar-refractivity contribution in [2.75, 3.05) is 36.6 Å². The monoisotopic (exact) mass is 457 g/mol. The summed E-state index contributed by atoms with van der Waals surface area (Å²) in [6.07, 6.45) is 6.97. The molecule has 0 unspecified atom stereocenters. The molecule has 1 heterocycles. The average Bonchev–Trinajstić information content (AvgIpc) is 2.79. The third-order valence-electron chi connectivity index (χ3n) is 4.03. The first-order valence-electron chi connectivity index (χ1n) is 10.4. The van der Waals surface area contributed by atoms with Gasteiger partial charge < -0.3 is 26.6 Å². The molecule has 1 aromatic carbocycles. The number of nitrogens with zero attached hydrogens (tertiary/aromatic N) is 3. The number of nitrogens with one attached hydrogen (secondary N) is 3. The Morgan fingerprint density at radius 3 is 2.55 bits per heavy atom. The van der Waals surface area contributed by atoms with Gasteiger partial charge in [0.05, 0.1) is 11.3 Å². The first-order chi connectivity index (χ1) is 15.7. The van der Waals surface area contributed by atoms with E-state index in [1.54, 1.807) is 14.1 Å². The Hall–Kier alpha value is -3.95. The topological polar surface area (TPSA) is 125 Å². The molecule has 2 aromatic rings. The van der Waals surface area contributed by atoms with Gasteiger partial charge in [0, 0.05) is 32.5 Å². The maximum Gasteiger partial charge on any atom is 0.321 e. The summed E-state index contributed by atoms with van der Waals surface area (Å²) >= 11 is 0. The maximum absolute atomic E-state index is 14.3. The number of hydrogen-bond acceptors (Lipinski definition) is 6. The van der Waals surface area contributed by atoms with Crippen LogP contribution in [0.5, 0.6) is 0 Å². The third kappa shape index (κ3) is 8.60. The fraction of sp³-hybridized carbons (Fsp3) is 0.304. The summed E-state index contributed by atoms with van der Waals surface area (Å²) in [5.74, 6) is -0.984. The molecule has 0 aliphatic rings. The Bertz CT molecular complexity index is 1020. The van der Waals surface area contributed by atoms with Crippen molar-refractivity contribution >= 4 is 35.1 Å². The van der Waals surface area contributed by atoms with Gasteiger partial charge in [0.2, 0.25) is 5.95 Å². The quantitative estimate of drug-likeness (QED) is 0.432. The van der Waals surface area contributed by atoms with Crippen molar-refractivity contribution in [3.8, 4) is 0 Å². The zero-order chi connectivity index (χ0) is 25.0. The maximum atomic E-state index is 14.3. The number of hydrogen-bond donors (Lipinski definition) is 4. The van der Waals surface area contributed by atoms with Crippen LogP contribution in [0.25, 0.3) is 0 Å². The van der Waals surface area contributed by atoms with Crippen LogP contribution in [0, 0.1) is 5.82 Å². The smallest absolute Gasteiger partial charge is 0.321 e. The van der Waals surface area contributed by atoms with E-state index in [1.165, 1.54) is 29.3 Å². The second-order valence-electron chi connectivity index (χ2n) is 6.86. The Balaban J connectivity index is 0.00000265. The van der Waals surface area contributed by atoms with Gasteiger partial charge in [-0.2, -0.15) is 4.98 Å². The highest BCUT2D eigenvalue weighted by Gasteiger charge is 2.14. The van der Waals surface area contributed by atoms with Crippen LogP contribution in [-0.4, -0.2) is 47.4 Å². The number of carbonyl (C=O) groups is 2. The third-order valence-corrected chi connectivity index (χ3v) is 4.03. The first kappa shape index (κ1) is 27.1. The molecular formula is C23H32FN7O2. The van der Waals surface area contributed by atoms with Gasteiger partial charge in [-0.05, 0) is 32.0 Å². The van der Waals surface area contributed by atoms with E-state index in [4.69, 9.17) is 5.73 Å². The number of nitrogens with two attached hydrogens (primary N) is 1. The molecule has 33 heavy (non-hydrogen) atoms. The number of amides is 3. The number of benzene rings is 1. The molecule has 0 bridgehead atoms. The minimum atomic E-state index is -0.691. The number of aromatic nitrogens is 2. The van der Waals surface area contributed by atoms with Crippen LogP contribution >= 0.6 is 0 Å². The van der Waals surface area contributed by atoms with E-state index in [9.17, 15) is 14.0 Å². The molecule has 0 spiro atoms. The van der Waals surface area contributed by atoms with Gasteiger partial charge in [0.15, 0.2) is 0 Å². The van der Waals surface area contributed by atoms with Crippen LogP contribution < -0.4 is 21.7 Å². The second kappa shape index (κ2) is 13.5. The molecular weight excluding hydrogens is 425 g/mol. The van der Waals surface area contributed by atoms with Crippen LogP contribution in [0.15, 0.2) is 48.2 Å². The minimum Gasteiger partial charge on any atom is -0.365 e. The van der Waals surface area contributed by atoms with Crippen LogP contribution in [0.1, 0.15) is 38.1 Å². The lowest BCUT2D eigenvalue weighted by Gasteiger charge is -2.14. The van der Waals surface area contributed by atoms with Crippen LogP contribution in [0.4, 0.5) is 32.3 Å². The number of rotatable bonds is 8. The van der Waals surface area contributed by atoms with Gasteiger partial charge >= 0.3 is 6.03 Å². The average molecular weight is 458 g/mol. The standard InChI is InChI=1S/C21H26FN7O2.C2H6/c1-5-6-7-13(2)11-24-19-15(18(23)30)12-25-20(28-19)27-17-10-14(8-9-16(17)22)26-21(31)29(3)4;1-2/h5-10,12H,11H2,1-4H3,(H2,23,30)(H,26,31)(H2,24,25,27,28);1-2H3/b6-5-,13-7+;. The lowest BCUT2D eigenvalue weighted by molar-refractivity contribution is 0.100. The van der Waals surface area contributed by atoms with E-state index < -0.39 is 11.7 Å². The Morgan fingerprint density at radius 1 is 1.24 bits per heavy atom. The molecule has 0 fully saturated rings. The van der Waals surface area contributed by atoms with E-state index in [1.807, 2.05) is 45.9 Å². The van der Waals surface area contributed by atoms with Crippen molar-refractivity contribution in [1.82, 2.24) is 14.9 Å². The second-order valence-corrected chi connectivity index (χ2v) is 6.86. The first-order valence-corrected chi connectivity index (χ1v) is 10.4. The van der Waals surface area contributed by atoms with Crippen molar-refractivity contribution < 1.29 is 14.0 Å². The van der Waals surface area contributed by atoms with Gasteiger partial charge in [-0.1, -0.05) is 37.6 Å². The number of halogens is 1. The summed E-state index contributed by atoms with van der Waals surface area (Å²) in [6.45, 7) is 8.24. The fourth-order valence-corrected chi connectivity index (χ4v) is 2.35. The molecule has 0 saturated heterocycles. The highest BCUT2D eigenvalue weighted by Crippen LogP contribution is 2.23. The van der Waals surface area contributed by atoms with Crippen molar-refractivity contribution in [3.63, 3.8) is 0 Å². The molecule has 3 amide bonds. The molecule has 9 nitrogen and oxygen atoms in total. The molecule has 10 heteroatoms. The molecule has 2 rings (SSSR count). The predicted octanol–water partition coefficient (Wildman–Crippen LogP) is 4.51. The molecule has 0 atom stereocenters. The van der Waals surface area contributed by atoms with E-state index in [0.717, 1.165) is 5.57 Å². The summed E-state index contributed by atoms with van der Waals surface area (Å²) in [4.78, 5) is 33.2. The summed E-state index contributed by atoms with van der Waals surface area (Å²) in [6, 6.07) is 3.71. The lowest BCUT2D eigenvalue weighted by atomic mass is 10.2.